The molecule has 2 fully saturated rings. The molecule has 1 N–H and O–H groups in total. The standard InChI is InChI=1S/C29H40N2O8S/c1-19(2)15-22(27(35)29(3)18-39-29)30-28(36)21(16-20-9-6-5-7-10-20)17-24(32)23-11-8-14-31(23)25(33)12-13-26(34)40(4,37)38/h5-7,9-10,19,21-23H,8,11-18H2,1-4H3,(H,30,36)/t21-,22+,23+,29-/m1/s1. The number of ether oxygens (including phenoxy) is 1. The minimum atomic E-state index is -3.89. The first-order valence-corrected chi connectivity index (χ1v) is 15.7. The van der Waals surface area contributed by atoms with Crippen LogP contribution in [0.25, 0.3) is 0 Å². The van der Waals surface area contributed by atoms with Crippen LogP contribution < -0.4 is 5.32 Å². The number of ketones is 2. The quantitative estimate of drug-likeness (QED) is 0.331. The Balaban J connectivity index is 1.74. The Morgan fingerprint density at radius 1 is 1.10 bits per heavy atom. The predicted molar refractivity (Wildman–Crippen MR) is 148 cm³/mol. The first-order valence-electron chi connectivity index (χ1n) is 13.8. The molecule has 0 unspecified atom stereocenters. The van der Waals surface area contributed by atoms with Gasteiger partial charge in [0.2, 0.25) is 26.8 Å². The minimum Gasteiger partial charge on any atom is -0.361 e. The Hall–Kier alpha value is -2.92. The number of nitrogens with zero attached hydrogens (tertiary/aromatic N) is 1. The number of Topliss-reactive ketones (excluding diaryl/α,β-unsaturated/α-hetero) is 2. The maximum Gasteiger partial charge on any atom is 0.246 e. The Kier molecular flexibility index (Phi) is 10.4. The molecule has 4 atom stereocenters. The Bertz CT molecular complexity index is 1220. The fourth-order valence-corrected chi connectivity index (χ4v) is 5.56. The molecule has 3 rings (SSSR count). The lowest BCUT2D eigenvalue weighted by Gasteiger charge is -2.27. The van der Waals surface area contributed by atoms with E-state index in [4.69, 9.17) is 4.74 Å². The van der Waals surface area contributed by atoms with Crippen LogP contribution in [0.2, 0.25) is 0 Å². The van der Waals surface area contributed by atoms with Crippen molar-refractivity contribution in [1.82, 2.24) is 10.2 Å². The number of hydrogen-bond acceptors (Lipinski definition) is 8. The van der Waals surface area contributed by atoms with E-state index in [2.05, 4.69) is 5.32 Å². The summed E-state index contributed by atoms with van der Waals surface area (Å²) in [7, 11) is -3.89. The first-order chi connectivity index (χ1) is 18.7. The van der Waals surface area contributed by atoms with Gasteiger partial charge in [0, 0.05) is 38.0 Å². The molecule has 40 heavy (non-hydrogen) atoms. The molecule has 2 aliphatic rings. The van der Waals surface area contributed by atoms with Crippen molar-refractivity contribution >= 4 is 38.3 Å². The van der Waals surface area contributed by atoms with Crippen LogP contribution >= 0.6 is 0 Å². The van der Waals surface area contributed by atoms with E-state index in [9.17, 15) is 32.4 Å². The van der Waals surface area contributed by atoms with Crippen molar-refractivity contribution in [2.24, 2.45) is 11.8 Å². The number of sulfone groups is 1. The zero-order chi connectivity index (χ0) is 29.7. The van der Waals surface area contributed by atoms with Gasteiger partial charge < -0.3 is 15.0 Å². The minimum absolute atomic E-state index is 0.131. The molecule has 0 saturated carbocycles. The number of epoxide rings is 1. The summed E-state index contributed by atoms with van der Waals surface area (Å²) in [6.07, 6.45) is 1.65. The van der Waals surface area contributed by atoms with Crippen molar-refractivity contribution in [2.75, 3.05) is 19.4 Å². The van der Waals surface area contributed by atoms with Crippen LogP contribution in [-0.4, -0.2) is 78.9 Å². The SMILES string of the molecule is CC(C)C[C@H](NC(=O)[C@@H](CC(=O)[C@@H]1CCCN1C(=O)CCC(=O)S(C)(=O)=O)Cc1ccccc1)C(=O)[C@@]1(C)CO1. The van der Waals surface area contributed by atoms with E-state index >= 15 is 0 Å². The van der Waals surface area contributed by atoms with E-state index in [1.54, 1.807) is 6.92 Å². The summed E-state index contributed by atoms with van der Waals surface area (Å²) in [5, 5.41) is 1.88. The highest BCUT2D eigenvalue weighted by Gasteiger charge is 2.50. The van der Waals surface area contributed by atoms with Gasteiger partial charge in [0.25, 0.3) is 0 Å². The van der Waals surface area contributed by atoms with Gasteiger partial charge in [-0.05, 0) is 44.1 Å². The van der Waals surface area contributed by atoms with Crippen LogP contribution in [-0.2, 0) is 45.0 Å². The van der Waals surface area contributed by atoms with Crippen molar-refractivity contribution in [3.63, 3.8) is 0 Å². The molecule has 11 heteroatoms. The highest BCUT2D eigenvalue weighted by molar-refractivity contribution is 8.05. The molecule has 0 spiro atoms. The molecule has 0 aliphatic carbocycles. The second-order valence-corrected chi connectivity index (χ2v) is 13.5. The molecule has 2 heterocycles. The third kappa shape index (κ3) is 8.54. The monoisotopic (exact) mass is 576 g/mol. The van der Waals surface area contributed by atoms with E-state index in [1.165, 1.54) is 4.90 Å². The summed E-state index contributed by atoms with van der Waals surface area (Å²) < 4.78 is 28.2. The van der Waals surface area contributed by atoms with Crippen molar-refractivity contribution < 1.29 is 37.1 Å². The summed E-state index contributed by atoms with van der Waals surface area (Å²) in [5.41, 5.74) is -0.0424. The highest BCUT2D eigenvalue weighted by Crippen LogP contribution is 2.30. The van der Waals surface area contributed by atoms with Crippen LogP contribution in [0.3, 0.4) is 0 Å². The average molecular weight is 577 g/mol. The number of carbonyl (C=O) groups is 5. The number of benzene rings is 1. The van der Waals surface area contributed by atoms with Gasteiger partial charge in [-0.2, -0.15) is 0 Å². The van der Waals surface area contributed by atoms with E-state index in [-0.39, 0.29) is 36.7 Å². The number of likely N-dealkylation sites (tertiary alicyclic amines) is 1. The third-order valence-corrected chi connectivity index (χ3v) is 8.51. The smallest absolute Gasteiger partial charge is 0.246 e. The lowest BCUT2D eigenvalue weighted by molar-refractivity contribution is -0.139. The van der Waals surface area contributed by atoms with E-state index in [0.29, 0.717) is 32.4 Å². The van der Waals surface area contributed by atoms with Crippen molar-refractivity contribution in [3.05, 3.63) is 35.9 Å². The lowest BCUT2D eigenvalue weighted by Crippen LogP contribution is -2.49. The molecule has 2 saturated heterocycles. The summed E-state index contributed by atoms with van der Waals surface area (Å²) in [5.74, 6) is -1.96. The van der Waals surface area contributed by atoms with Crippen molar-refractivity contribution in [3.8, 4) is 0 Å². The van der Waals surface area contributed by atoms with Crippen LogP contribution in [0, 0.1) is 11.8 Å². The normalized spacial score (nSPS) is 22.0. The Morgan fingerprint density at radius 2 is 1.75 bits per heavy atom. The van der Waals surface area contributed by atoms with Crippen LogP contribution in [0.15, 0.2) is 30.3 Å². The molecule has 1 aromatic rings. The molecule has 10 nitrogen and oxygen atoms in total. The zero-order valence-electron chi connectivity index (χ0n) is 23.7. The van der Waals surface area contributed by atoms with Gasteiger partial charge in [0.05, 0.1) is 18.7 Å². The summed E-state index contributed by atoms with van der Waals surface area (Å²) >= 11 is 0. The van der Waals surface area contributed by atoms with Gasteiger partial charge in [-0.1, -0.05) is 44.2 Å². The molecule has 1 aromatic carbocycles. The summed E-state index contributed by atoms with van der Waals surface area (Å²) in [6, 6.07) is 7.78. The maximum absolute atomic E-state index is 13.6. The second kappa shape index (κ2) is 13.2. The maximum atomic E-state index is 13.6. The molecule has 2 aliphatic heterocycles. The molecule has 220 valence electrons. The number of hydrogen-bond donors (Lipinski definition) is 1. The van der Waals surface area contributed by atoms with E-state index < -0.39 is 56.8 Å². The van der Waals surface area contributed by atoms with Crippen molar-refractivity contribution in [2.45, 2.75) is 83.4 Å². The largest absolute Gasteiger partial charge is 0.361 e. The van der Waals surface area contributed by atoms with Crippen LogP contribution in [0.5, 0.6) is 0 Å². The molecule has 0 bridgehead atoms. The number of carbonyl (C=O) groups excluding carboxylic acids is 5. The number of rotatable bonds is 14. The molecule has 0 aromatic heterocycles. The van der Waals surface area contributed by atoms with Gasteiger partial charge in [-0.25, -0.2) is 8.42 Å². The topological polar surface area (TPSA) is 147 Å². The first kappa shape index (κ1) is 31.6. The van der Waals surface area contributed by atoms with E-state index in [0.717, 1.165) is 11.8 Å². The van der Waals surface area contributed by atoms with Crippen LogP contribution in [0.4, 0.5) is 0 Å². The molecular formula is C29H40N2O8S. The Labute approximate surface area is 236 Å². The highest BCUT2D eigenvalue weighted by atomic mass is 32.2. The van der Waals surface area contributed by atoms with E-state index in [1.807, 2.05) is 44.2 Å². The summed E-state index contributed by atoms with van der Waals surface area (Å²) in [4.78, 5) is 66.2. The van der Waals surface area contributed by atoms with Gasteiger partial charge in [0.1, 0.15) is 5.60 Å². The fraction of sp³-hybridized carbons (Fsp3) is 0.621. The molecule has 2 amide bonds. The fourth-order valence-electron chi connectivity index (χ4n) is 5.08. The van der Waals surface area contributed by atoms with Crippen LogP contribution in [0.1, 0.15) is 64.9 Å². The number of amides is 2. The second-order valence-electron chi connectivity index (χ2n) is 11.5. The lowest BCUT2D eigenvalue weighted by atomic mass is 9.89. The van der Waals surface area contributed by atoms with Gasteiger partial charge >= 0.3 is 0 Å². The van der Waals surface area contributed by atoms with Gasteiger partial charge in [0.15, 0.2) is 11.6 Å². The third-order valence-electron chi connectivity index (χ3n) is 7.48. The van der Waals surface area contributed by atoms with Crippen molar-refractivity contribution in [1.29, 1.82) is 0 Å². The number of nitrogens with one attached hydrogen (secondary N) is 1. The summed E-state index contributed by atoms with van der Waals surface area (Å²) in [6.45, 7) is 6.26. The molecule has 0 radical (unpaired) electrons. The predicted octanol–water partition coefficient (Wildman–Crippen LogP) is 2.04. The average Bonchev–Trinajstić information content (AvgIpc) is 3.44. The van der Waals surface area contributed by atoms with Gasteiger partial charge in [-0.3, -0.25) is 24.0 Å². The Morgan fingerprint density at radius 3 is 2.33 bits per heavy atom. The molecular weight excluding hydrogens is 536 g/mol. The van der Waals surface area contributed by atoms with Gasteiger partial charge in [-0.15, -0.1) is 0 Å². The zero-order valence-corrected chi connectivity index (χ0v) is 24.5.